The number of benzene rings is 1. The van der Waals surface area contributed by atoms with E-state index >= 15 is 0 Å². The van der Waals surface area contributed by atoms with Gasteiger partial charge in [-0.05, 0) is 19.4 Å². The van der Waals surface area contributed by atoms with Gasteiger partial charge in [0.15, 0.2) is 6.04 Å². The van der Waals surface area contributed by atoms with Gasteiger partial charge in [0.1, 0.15) is 0 Å². The molecule has 1 atom stereocenters. The third-order valence-electron chi connectivity index (χ3n) is 2.77. The second-order valence-corrected chi connectivity index (χ2v) is 4.87. The number of rotatable bonds is 5. The number of aryl methyl sites for hydroxylation is 2. The van der Waals surface area contributed by atoms with Crippen LogP contribution in [0.2, 0.25) is 0 Å². The maximum Gasteiger partial charge on any atom is 0.389 e. The largest absolute Gasteiger partial charge is 0.479 e. The van der Waals surface area contributed by atoms with E-state index in [9.17, 15) is 22.8 Å². The summed E-state index contributed by atoms with van der Waals surface area (Å²) in [4.78, 5) is 22.7. The molecule has 1 rings (SSSR count). The Kier molecular flexibility index (Phi) is 5.34. The van der Waals surface area contributed by atoms with Crippen LogP contribution in [0.1, 0.15) is 35.6 Å². The molecule has 1 amide bonds. The SMILES string of the molecule is Cc1cc(C)cc(C(NC(=O)CCC(F)(F)F)C(=O)O)c1. The molecule has 0 bridgehead atoms. The number of hydrogen-bond acceptors (Lipinski definition) is 2. The van der Waals surface area contributed by atoms with E-state index in [1.165, 1.54) is 0 Å². The fourth-order valence-electron chi connectivity index (χ4n) is 1.95. The van der Waals surface area contributed by atoms with Gasteiger partial charge in [-0.1, -0.05) is 29.3 Å². The first-order chi connectivity index (χ1) is 9.58. The highest BCUT2D eigenvalue weighted by Gasteiger charge is 2.29. The predicted octanol–water partition coefficient (Wildman–Crippen LogP) is 2.89. The van der Waals surface area contributed by atoms with Crippen molar-refractivity contribution in [3.05, 3.63) is 34.9 Å². The van der Waals surface area contributed by atoms with Crippen molar-refractivity contribution in [2.75, 3.05) is 0 Å². The van der Waals surface area contributed by atoms with Crippen LogP contribution >= 0.6 is 0 Å². The monoisotopic (exact) mass is 303 g/mol. The summed E-state index contributed by atoms with van der Waals surface area (Å²) in [6.07, 6.45) is -6.52. The summed E-state index contributed by atoms with van der Waals surface area (Å²) in [5.41, 5.74) is 1.95. The minimum Gasteiger partial charge on any atom is -0.479 e. The van der Waals surface area contributed by atoms with Crippen LogP contribution in [-0.2, 0) is 9.59 Å². The van der Waals surface area contributed by atoms with Crippen molar-refractivity contribution in [2.24, 2.45) is 0 Å². The number of hydrogen-bond donors (Lipinski definition) is 2. The Morgan fingerprint density at radius 3 is 2.14 bits per heavy atom. The van der Waals surface area contributed by atoms with Gasteiger partial charge in [0, 0.05) is 6.42 Å². The minimum absolute atomic E-state index is 0.334. The van der Waals surface area contributed by atoms with Crippen molar-refractivity contribution in [1.29, 1.82) is 0 Å². The summed E-state index contributed by atoms with van der Waals surface area (Å²) in [7, 11) is 0. The van der Waals surface area contributed by atoms with E-state index in [0.29, 0.717) is 5.56 Å². The smallest absolute Gasteiger partial charge is 0.389 e. The van der Waals surface area contributed by atoms with Crippen LogP contribution in [0.4, 0.5) is 13.2 Å². The average Bonchev–Trinajstić information content (AvgIpc) is 2.30. The van der Waals surface area contributed by atoms with E-state index in [4.69, 9.17) is 5.11 Å². The molecular weight excluding hydrogens is 287 g/mol. The zero-order valence-electron chi connectivity index (χ0n) is 11.6. The summed E-state index contributed by atoms with van der Waals surface area (Å²) < 4.78 is 36.1. The molecule has 0 fully saturated rings. The molecule has 0 radical (unpaired) electrons. The summed E-state index contributed by atoms with van der Waals surface area (Å²) in [5.74, 6) is -2.26. The molecule has 0 saturated heterocycles. The first kappa shape index (κ1) is 17.0. The maximum atomic E-state index is 12.0. The predicted molar refractivity (Wildman–Crippen MR) is 69.7 cm³/mol. The zero-order chi connectivity index (χ0) is 16.2. The van der Waals surface area contributed by atoms with Crippen LogP contribution in [0.3, 0.4) is 0 Å². The first-order valence-electron chi connectivity index (χ1n) is 6.25. The molecule has 116 valence electrons. The van der Waals surface area contributed by atoms with Gasteiger partial charge in [-0.15, -0.1) is 0 Å². The number of carbonyl (C=O) groups is 2. The van der Waals surface area contributed by atoms with E-state index in [2.05, 4.69) is 5.32 Å². The third-order valence-corrected chi connectivity index (χ3v) is 2.77. The van der Waals surface area contributed by atoms with Crippen molar-refractivity contribution in [1.82, 2.24) is 5.32 Å². The van der Waals surface area contributed by atoms with E-state index in [-0.39, 0.29) is 0 Å². The summed E-state index contributed by atoms with van der Waals surface area (Å²) >= 11 is 0. The highest BCUT2D eigenvalue weighted by atomic mass is 19.4. The second kappa shape index (κ2) is 6.60. The molecule has 1 aromatic rings. The Balaban J connectivity index is 2.83. The van der Waals surface area contributed by atoms with Crippen LogP contribution in [0, 0.1) is 13.8 Å². The van der Waals surface area contributed by atoms with Gasteiger partial charge in [0.05, 0.1) is 6.42 Å². The van der Waals surface area contributed by atoms with E-state index in [1.807, 2.05) is 6.07 Å². The number of carboxylic acids is 1. The van der Waals surface area contributed by atoms with E-state index in [1.54, 1.807) is 26.0 Å². The van der Waals surface area contributed by atoms with Crippen LogP contribution in [0.15, 0.2) is 18.2 Å². The van der Waals surface area contributed by atoms with Crippen molar-refractivity contribution in [2.45, 2.75) is 38.9 Å². The topological polar surface area (TPSA) is 66.4 Å². The fourth-order valence-corrected chi connectivity index (χ4v) is 1.95. The van der Waals surface area contributed by atoms with Gasteiger partial charge < -0.3 is 10.4 Å². The third kappa shape index (κ3) is 5.85. The molecule has 0 aromatic heterocycles. The number of alkyl halides is 3. The van der Waals surface area contributed by atoms with Crippen LogP contribution in [0.25, 0.3) is 0 Å². The van der Waals surface area contributed by atoms with Gasteiger partial charge in [0.25, 0.3) is 0 Å². The van der Waals surface area contributed by atoms with Crippen LogP contribution in [-0.4, -0.2) is 23.2 Å². The molecule has 2 N–H and O–H groups in total. The molecule has 0 spiro atoms. The number of nitrogens with one attached hydrogen (secondary N) is 1. The summed E-state index contributed by atoms with van der Waals surface area (Å²) in [6, 6.07) is 3.63. The lowest BCUT2D eigenvalue weighted by atomic mass is 10.0. The Morgan fingerprint density at radius 1 is 1.19 bits per heavy atom. The summed E-state index contributed by atoms with van der Waals surface area (Å²) in [6.45, 7) is 3.53. The van der Waals surface area contributed by atoms with Gasteiger partial charge in [-0.25, -0.2) is 4.79 Å². The zero-order valence-corrected chi connectivity index (χ0v) is 11.6. The highest BCUT2D eigenvalue weighted by Crippen LogP contribution is 2.22. The van der Waals surface area contributed by atoms with Crippen molar-refractivity contribution in [3.63, 3.8) is 0 Å². The molecule has 0 aliphatic rings. The van der Waals surface area contributed by atoms with Gasteiger partial charge >= 0.3 is 12.1 Å². The van der Waals surface area contributed by atoms with Crippen molar-refractivity contribution in [3.8, 4) is 0 Å². The lowest BCUT2D eigenvalue weighted by Crippen LogP contribution is -2.34. The first-order valence-corrected chi connectivity index (χ1v) is 6.25. The van der Waals surface area contributed by atoms with Gasteiger partial charge in [0.2, 0.25) is 5.91 Å². The average molecular weight is 303 g/mol. The summed E-state index contributed by atoms with van der Waals surface area (Å²) in [5, 5.41) is 11.3. The highest BCUT2D eigenvalue weighted by molar-refractivity contribution is 5.84. The quantitative estimate of drug-likeness (QED) is 0.879. The molecule has 0 aliphatic carbocycles. The van der Waals surface area contributed by atoms with Crippen molar-refractivity contribution >= 4 is 11.9 Å². The number of aliphatic carboxylic acids is 1. The Hall–Kier alpha value is -2.05. The molecule has 0 heterocycles. The number of carboxylic acid groups (broad SMARTS) is 1. The van der Waals surface area contributed by atoms with Crippen LogP contribution < -0.4 is 5.32 Å². The molecule has 4 nitrogen and oxygen atoms in total. The molecule has 21 heavy (non-hydrogen) atoms. The maximum absolute atomic E-state index is 12.0. The van der Waals surface area contributed by atoms with Gasteiger partial charge in [-0.3, -0.25) is 4.79 Å². The lowest BCUT2D eigenvalue weighted by molar-refractivity contribution is -0.147. The normalized spacial score (nSPS) is 12.8. The molecule has 0 aliphatic heterocycles. The molecule has 0 saturated carbocycles. The Labute approximate surface area is 120 Å². The fraction of sp³-hybridized carbons (Fsp3) is 0.429. The number of amides is 1. The number of halogens is 3. The number of carbonyl (C=O) groups excluding carboxylic acids is 1. The Bertz CT molecular complexity index is 521. The lowest BCUT2D eigenvalue weighted by Gasteiger charge is -2.16. The molecular formula is C14H16F3NO3. The Morgan fingerprint density at radius 2 is 1.71 bits per heavy atom. The van der Waals surface area contributed by atoms with E-state index < -0.39 is 36.9 Å². The van der Waals surface area contributed by atoms with E-state index in [0.717, 1.165) is 11.1 Å². The molecule has 1 unspecified atom stereocenters. The standard InChI is InChI=1S/C14H16F3NO3/c1-8-5-9(2)7-10(6-8)12(13(20)21)18-11(19)3-4-14(15,16)17/h5-7,12H,3-4H2,1-2H3,(H,18,19)(H,20,21). The van der Waals surface area contributed by atoms with Crippen molar-refractivity contribution < 1.29 is 27.9 Å². The minimum atomic E-state index is -4.45. The van der Waals surface area contributed by atoms with Gasteiger partial charge in [-0.2, -0.15) is 13.2 Å². The molecule has 1 aromatic carbocycles. The molecule has 7 heteroatoms. The second-order valence-electron chi connectivity index (χ2n) is 4.87. The van der Waals surface area contributed by atoms with Crippen LogP contribution in [0.5, 0.6) is 0 Å².